The van der Waals surface area contributed by atoms with Crippen molar-refractivity contribution in [2.75, 3.05) is 13.1 Å². The Morgan fingerprint density at radius 1 is 1.36 bits per heavy atom. The standard InChI is InChI=1S/C19H29N5O/c1-4-5-9-22-11-8-20-19(22)17-7-6-10-23(13-17)18(25)14-24-16(3)12-15(2)21-24/h8,11-12,17H,4-7,9-10,13-14H2,1-3H3/t17-/m0/s1. The second-order valence-electron chi connectivity index (χ2n) is 7.10. The molecule has 0 aromatic carbocycles. The van der Waals surface area contributed by atoms with Gasteiger partial charge in [-0.25, -0.2) is 4.98 Å². The Hall–Kier alpha value is -2.11. The summed E-state index contributed by atoms with van der Waals surface area (Å²) >= 11 is 0. The number of carbonyl (C=O) groups is 1. The summed E-state index contributed by atoms with van der Waals surface area (Å²) in [6.45, 7) is 9.11. The summed E-state index contributed by atoms with van der Waals surface area (Å²) < 4.78 is 4.08. The molecule has 1 fully saturated rings. The average molecular weight is 343 g/mol. The van der Waals surface area contributed by atoms with Gasteiger partial charge >= 0.3 is 0 Å². The van der Waals surface area contributed by atoms with Crippen LogP contribution in [0, 0.1) is 13.8 Å². The molecule has 3 heterocycles. The molecular weight excluding hydrogens is 314 g/mol. The lowest BCUT2D eigenvalue weighted by molar-refractivity contribution is -0.133. The summed E-state index contributed by atoms with van der Waals surface area (Å²) in [7, 11) is 0. The highest BCUT2D eigenvalue weighted by molar-refractivity contribution is 5.76. The zero-order valence-electron chi connectivity index (χ0n) is 15.6. The molecule has 0 aliphatic carbocycles. The first-order valence-corrected chi connectivity index (χ1v) is 9.38. The van der Waals surface area contributed by atoms with Gasteiger partial charge in [-0.2, -0.15) is 5.10 Å². The topological polar surface area (TPSA) is 56.0 Å². The second kappa shape index (κ2) is 7.85. The fourth-order valence-corrected chi connectivity index (χ4v) is 3.68. The van der Waals surface area contributed by atoms with Crippen LogP contribution in [0.25, 0.3) is 0 Å². The van der Waals surface area contributed by atoms with E-state index >= 15 is 0 Å². The number of unbranched alkanes of at least 4 members (excludes halogenated alkanes) is 1. The van der Waals surface area contributed by atoms with E-state index in [0.717, 1.165) is 56.1 Å². The fourth-order valence-electron chi connectivity index (χ4n) is 3.68. The minimum atomic E-state index is 0.155. The average Bonchev–Trinajstić information content (AvgIpc) is 3.19. The highest BCUT2D eigenvalue weighted by atomic mass is 16.2. The minimum absolute atomic E-state index is 0.155. The van der Waals surface area contributed by atoms with Crippen molar-refractivity contribution in [1.29, 1.82) is 0 Å². The Labute approximate surface area is 149 Å². The molecule has 0 bridgehead atoms. The second-order valence-corrected chi connectivity index (χ2v) is 7.10. The van der Waals surface area contributed by atoms with Crippen molar-refractivity contribution in [2.24, 2.45) is 0 Å². The summed E-state index contributed by atoms with van der Waals surface area (Å²) in [6, 6.07) is 2.01. The van der Waals surface area contributed by atoms with Crippen molar-refractivity contribution in [3.05, 3.63) is 35.7 Å². The number of carbonyl (C=O) groups excluding carboxylic acids is 1. The number of hydrogen-bond acceptors (Lipinski definition) is 3. The van der Waals surface area contributed by atoms with E-state index in [1.54, 1.807) is 0 Å². The molecule has 1 aliphatic heterocycles. The van der Waals surface area contributed by atoms with Crippen LogP contribution in [-0.4, -0.2) is 43.2 Å². The van der Waals surface area contributed by atoms with Crippen LogP contribution in [0.3, 0.4) is 0 Å². The van der Waals surface area contributed by atoms with Crippen LogP contribution in [0.15, 0.2) is 18.5 Å². The van der Waals surface area contributed by atoms with Crippen molar-refractivity contribution >= 4 is 5.91 Å². The third kappa shape index (κ3) is 4.11. The molecule has 1 amide bonds. The molecule has 6 heteroatoms. The van der Waals surface area contributed by atoms with Crippen molar-refractivity contribution in [3.63, 3.8) is 0 Å². The summed E-state index contributed by atoms with van der Waals surface area (Å²) in [5.41, 5.74) is 1.99. The van der Waals surface area contributed by atoms with Crippen LogP contribution in [-0.2, 0) is 17.9 Å². The van der Waals surface area contributed by atoms with Gasteiger partial charge in [-0.05, 0) is 39.2 Å². The number of rotatable bonds is 6. The highest BCUT2D eigenvalue weighted by Crippen LogP contribution is 2.26. The van der Waals surface area contributed by atoms with E-state index in [4.69, 9.17) is 0 Å². The smallest absolute Gasteiger partial charge is 0.244 e. The largest absolute Gasteiger partial charge is 0.340 e. The number of aryl methyl sites for hydroxylation is 3. The fraction of sp³-hybridized carbons (Fsp3) is 0.632. The van der Waals surface area contributed by atoms with Gasteiger partial charge in [0.05, 0.1) is 5.69 Å². The molecule has 1 saturated heterocycles. The Bertz CT molecular complexity index is 717. The monoisotopic (exact) mass is 343 g/mol. The first-order chi connectivity index (χ1) is 12.1. The van der Waals surface area contributed by atoms with Crippen molar-refractivity contribution in [3.8, 4) is 0 Å². The van der Waals surface area contributed by atoms with E-state index < -0.39 is 0 Å². The molecule has 1 atom stereocenters. The number of piperidine rings is 1. The van der Waals surface area contributed by atoms with Crippen LogP contribution in [0.4, 0.5) is 0 Å². The Balaban J connectivity index is 1.65. The Morgan fingerprint density at radius 3 is 2.92 bits per heavy atom. The van der Waals surface area contributed by atoms with Crippen molar-refractivity contribution in [2.45, 2.75) is 65.5 Å². The summed E-state index contributed by atoms with van der Waals surface area (Å²) in [4.78, 5) is 19.3. The molecular formula is C19H29N5O. The predicted octanol–water partition coefficient (Wildman–Crippen LogP) is 2.90. The SMILES string of the molecule is CCCCn1ccnc1[C@H]1CCCN(C(=O)Cn2nc(C)cc2C)C1. The molecule has 2 aromatic rings. The zero-order valence-corrected chi connectivity index (χ0v) is 15.6. The molecule has 0 N–H and O–H groups in total. The third-order valence-electron chi connectivity index (χ3n) is 5.03. The number of nitrogens with zero attached hydrogens (tertiary/aromatic N) is 5. The lowest BCUT2D eigenvalue weighted by Crippen LogP contribution is -2.41. The summed E-state index contributed by atoms with van der Waals surface area (Å²) in [5, 5.41) is 4.41. The van der Waals surface area contributed by atoms with E-state index in [0.29, 0.717) is 12.5 Å². The molecule has 0 radical (unpaired) electrons. The summed E-state index contributed by atoms with van der Waals surface area (Å²) in [6.07, 6.45) is 8.44. The molecule has 3 rings (SSSR count). The van der Waals surface area contributed by atoms with Gasteiger partial charge in [-0.1, -0.05) is 13.3 Å². The highest BCUT2D eigenvalue weighted by Gasteiger charge is 2.27. The molecule has 0 saturated carbocycles. The lowest BCUT2D eigenvalue weighted by Gasteiger charge is -2.33. The quantitative estimate of drug-likeness (QED) is 0.810. The first-order valence-electron chi connectivity index (χ1n) is 9.38. The van der Waals surface area contributed by atoms with Crippen LogP contribution < -0.4 is 0 Å². The van der Waals surface area contributed by atoms with Crippen molar-refractivity contribution < 1.29 is 4.79 Å². The van der Waals surface area contributed by atoms with Gasteiger partial charge in [-0.15, -0.1) is 0 Å². The number of likely N-dealkylation sites (tertiary alicyclic amines) is 1. The maximum absolute atomic E-state index is 12.7. The van der Waals surface area contributed by atoms with E-state index in [9.17, 15) is 4.79 Å². The number of aromatic nitrogens is 4. The summed E-state index contributed by atoms with van der Waals surface area (Å²) in [5.74, 6) is 1.63. The minimum Gasteiger partial charge on any atom is -0.340 e. The number of imidazole rings is 1. The molecule has 0 spiro atoms. The van der Waals surface area contributed by atoms with Gasteiger partial charge in [0.1, 0.15) is 12.4 Å². The third-order valence-corrected chi connectivity index (χ3v) is 5.03. The predicted molar refractivity (Wildman–Crippen MR) is 97.4 cm³/mol. The van der Waals surface area contributed by atoms with Crippen LogP contribution in [0.1, 0.15) is 55.7 Å². The zero-order chi connectivity index (χ0) is 17.8. The van der Waals surface area contributed by atoms with Crippen LogP contribution in [0.5, 0.6) is 0 Å². The van der Waals surface area contributed by atoms with E-state index in [1.165, 1.54) is 6.42 Å². The molecule has 1 aliphatic rings. The van der Waals surface area contributed by atoms with Gasteiger partial charge in [0.2, 0.25) is 5.91 Å². The van der Waals surface area contributed by atoms with E-state index in [1.807, 2.05) is 35.7 Å². The lowest BCUT2D eigenvalue weighted by atomic mass is 9.97. The first kappa shape index (κ1) is 17.7. The molecule has 136 valence electrons. The maximum atomic E-state index is 12.7. The van der Waals surface area contributed by atoms with Crippen molar-refractivity contribution in [1.82, 2.24) is 24.2 Å². The Kier molecular flexibility index (Phi) is 5.56. The maximum Gasteiger partial charge on any atom is 0.244 e. The van der Waals surface area contributed by atoms with E-state index in [2.05, 4.69) is 27.8 Å². The molecule has 0 unspecified atom stereocenters. The normalized spacial score (nSPS) is 17.9. The van der Waals surface area contributed by atoms with Gasteiger partial charge < -0.3 is 9.47 Å². The van der Waals surface area contributed by atoms with Gasteiger partial charge in [-0.3, -0.25) is 9.48 Å². The molecule has 25 heavy (non-hydrogen) atoms. The number of hydrogen-bond donors (Lipinski definition) is 0. The van der Waals surface area contributed by atoms with Gasteiger partial charge in [0.15, 0.2) is 0 Å². The number of amides is 1. The Morgan fingerprint density at radius 2 is 2.20 bits per heavy atom. The molecule has 6 nitrogen and oxygen atoms in total. The van der Waals surface area contributed by atoms with Gasteiger partial charge in [0, 0.05) is 43.6 Å². The van der Waals surface area contributed by atoms with Crippen LogP contribution >= 0.6 is 0 Å². The van der Waals surface area contributed by atoms with Gasteiger partial charge in [0.25, 0.3) is 0 Å². The van der Waals surface area contributed by atoms with Crippen LogP contribution in [0.2, 0.25) is 0 Å². The van der Waals surface area contributed by atoms with E-state index in [-0.39, 0.29) is 5.91 Å². The molecule has 2 aromatic heterocycles.